The van der Waals surface area contributed by atoms with Gasteiger partial charge in [0.25, 0.3) is 5.91 Å². The van der Waals surface area contributed by atoms with Crippen LogP contribution in [0.2, 0.25) is 0 Å². The number of thiazole rings is 1. The molecule has 1 fully saturated rings. The fourth-order valence-electron chi connectivity index (χ4n) is 4.70. The van der Waals surface area contributed by atoms with Crippen LogP contribution in [0, 0.1) is 0 Å². The van der Waals surface area contributed by atoms with Crippen molar-refractivity contribution < 1.29 is 13.2 Å². The highest BCUT2D eigenvalue weighted by molar-refractivity contribution is 7.89. The van der Waals surface area contributed by atoms with Crippen LogP contribution in [0.5, 0.6) is 0 Å². The summed E-state index contributed by atoms with van der Waals surface area (Å²) < 4.78 is 30.9. The van der Waals surface area contributed by atoms with E-state index in [1.807, 2.05) is 0 Å². The zero-order valence-corrected chi connectivity index (χ0v) is 22.7. The molecule has 4 rings (SSSR count). The molecule has 1 aromatic heterocycles. The minimum atomic E-state index is -3.59. The summed E-state index contributed by atoms with van der Waals surface area (Å²) in [6.45, 7) is 7.22. The van der Waals surface area contributed by atoms with Crippen LogP contribution in [0.1, 0.15) is 81.1 Å². The summed E-state index contributed by atoms with van der Waals surface area (Å²) in [5, 5.41) is 0. The molecule has 3 aromatic rings. The summed E-state index contributed by atoms with van der Waals surface area (Å²) in [4.78, 5) is 18.4. The maximum Gasteiger partial charge on any atom is 0.279 e. The smallest absolute Gasteiger partial charge is 0.279 e. The lowest BCUT2D eigenvalue weighted by atomic mass is 9.96. The van der Waals surface area contributed by atoms with Gasteiger partial charge in [-0.3, -0.25) is 4.79 Å². The van der Waals surface area contributed by atoms with E-state index in [0.717, 1.165) is 48.9 Å². The predicted molar refractivity (Wildman–Crippen MR) is 142 cm³/mol. The van der Waals surface area contributed by atoms with E-state index in [-0.39, 0.29) is 16.8 Å². The van der Waals surface area contributed by atoms with Crippen molar-refractivity contribution in [1.82, 2.24) is 8.87 Å². The van der Waals surface area contributed by atoms with Crippen molar-refractivity contribution >= 4 is 37.5 Å². The van der Waals surface area contributed by atoms with E-state index < -0.39 is 10.0 Å². The molecule has 1 saturated carbocycles. The Hall–Kier alpha value is -2.29. The molecular formula is C27H35N3O3S2. The molecule has 0 N–H and O–H groups in total. The van der Waals surface area contributed by atoms with Gasteiger partial charge in [-0.1, -0.05) is 57.4 Å². The van der Waals surface area contributed by atoms with Crippen LogP contribution < -0.4 is 4.80 Å². The van der Waals surface area contributed by atoms with E-state index in [2.05, 4.69) is 48.5 Å². The van der Waals surface area contributed by atoms with Gasteiger partial charge < -0.3 is 4.57 Å². The number of benzene rings is 2. The van der Waals surface area contributed by atoms with E-state index >= 15 is 0 Å². The summed E-state index contributed by atoms with van der Waals surface area (Å²) in [5.41, 5.74) is 2.72. The standard InChI is InChI=1S/C27H35N3O3S2/c1-5-17-30-24-16-13-21(19(2)3)18-25(24)34-27(30)28-26(31)20-11-14-23(15-12-20)35(32,33)29(4)22-9-7-6-8-10-22/h11-16,18-19,22H,5-10,17H2,1-4H3. The van der Waals surface area contributed by atoms with E-state index in [4.69, 9.17) is 0 Å². The quantitative estimate of drug-likeness (QED) is 0.393. The van der Waals surface area contributed by atoms with Crippen LogP contribution >= 0.6 is 11.3 Å². The van der Waals surface area contributed by atoms with Gasteiger partial charge in [-0.25, -0.2) is 8.42 Å². The van der Waals surface area contributed by atoms with Crippen LogP contribution in [0.4, 0.5) is 0 Å². The van der Waals surface area contributed by atoms with Crippen LogP contribution in [0.3, 0.4) is 0 Å². The molecule has 1 amide bonds. The lowest BCUT2D eigenvalue weighted by molar-refractivity contribution is 0.0997. The molecule has 1 aliphatic carbocycles. The van der Waals surface area contributed by atoms with Gasteiger partial charge in [-0.2, -0.15) is 9.30 Å². The highest BCUT2D eigenvalue weighted by Gasteiger charge is 2.29. The average molecular weight is 514 g/mol. The first-order chi connectivity index (χ1) is 16.7. The summed E-state index contributed by atoms with van der Waals surface area (Å²) in [7, 11) is -1.93. The first kappa shape index (κ1) is 25.8. The fraction of sp³-hybridized carbons (Fsp3) is 0.481. The molecule has 35 heavy (non-hydrogen) atoms. The Balaban J connectivity index is 1.62. The van der Waals surface area contributed by atoms with Gasteiger partial charge in [-0.15, -0.1) is 0 Å². The first-order valence-corrected chi connectivity index (χ1v) is 14.8. The number of rotatable bonds is 7. The Morgan fingerprint density at radius 3 is 2.43 bits per heavy atom. The van der Waals surface area contributed by atoms with Crippen molar-refractivity contribution in [2.45, 2.75) is 82.7 Å². The fourth-order valence-corrected chi connectivity index (χ4v) is 7.22. The van der Waals surface area contributed by atoms with Crippen LogP contribution in [-0.4, -0.2) is 36.3 Å². The van der Waals surface area contributed by atoms with E-state index in [1.54, 1.807) is 19.2 Å². The number of hydrogen-bond acceptors (Lipinski definition) is 4. The molecular weight excluding hydrogens is 478 g/mol. The third kappa shape index (κ3) is 5.44. The van der Waals surface area contributed by atoms with Gasteiger partial charge in [0.05, 0.1) is 15.1 Å². The molecule has 1 aliphatic rings. The number of fused-ring (bicyclic) bond motifs is 1. The number of aromatic nitrogens is 1. The van der Waals surface area contributed by atoms with E-state index in [0.29, 0.717) is 16.3 Å². The van der Waals surface area contributed by atoms with Crippen molar-refractivity contribution in [3.8, 4) is 0 Å². The zero-order chi connectivity index (χ0) is 25.2. The molecule has 2 aromatic carbocycles. The van der Waals surface area contributed by atoms with Gasteiger partial charge in [-0.05, 0) is 67.1 Å². The molecule has 0 saturated heterocycles. The summed E-state index contributed by atoms with van der Waals surface area (Å²) in [6.07, 6.45) is 6.03. The number of hydrogen-bond donors (Lipinski definition) is 0. The number of carbonyl (C=O) groups is 1. The topological polar surface area (TPSA) is 71.7 Å². The molecule has 0 bridgehead atoms. The monoisotopic (exact) mass is 513 g/mol. The Bertz CT molecular complexity index is 1360. The summed E-state index contributed by atoms with van der Waals surface area (Å²) >= 11 is 1.52. The zero-order valence-electron chi connectivity index (χ0n) is 21.0. The first-order valence-electron chi connectivity index (χ1n) is 12.5. The van der Waals surface area contributed by atoms with Crippen molar-refractivity contribution in [1.29, 1.82) is 0 Å². The van der Waals surface area contributed by atoms with Crippen molar-refractivity contribution in [2.75, 3.05) is 7.05 Å². The molecule has 8 heteroatoms. The van der Waals surface area contributed by atoms with Gasteiger partial charge in [0.2, 0.25) is 10.0 Å². The summed E-state index contributed by atoms with van der Waals surface area (Å²) in [5.74, 6) is 0.0603. The predicted octanol–water partition coefficient (Wildman–Crippen LogP) is 5.93. The molecule has 0 atom stereocenters. The van der Waals surface area contributed by atoms with Gasteiger partial charge in [0.15, 0.2) is 4.80 Å². The minimum Gasteiger partial charge on any atom is -0.316 e. The Labute approximate surface area is 212 Å². The van der Waals surface area contributed by atoms with Gasteiger partial charge in [0.1, 0.15) is 0 Å². The SMILES string of the molecule is CCCn1c(=NC(=O)c2ccc(S(=O)(=O)N(C)C3CCCCC3)cc2)sc2cc(C(C)C)ccc21. The molecule has 6 nitrogen and oxygen atoms in total. The number of carbonyl (C=O) groups excluding carboxylic acids is 1. The maximum absolute atomic E-state index is 13.1. The van der Waals surface area contributed by atoms with E-state index in [1.165, 1.54) is 39.8 Å². The Morgan fingerprint density at radius 1 is 1.11 bits per heavy atom. The molecule has 0 aliphatic heterocycles. The Kier molecular flexibility index (Phi) is 7.93. The highest BCUT2D eigenvalue weighted by Crippen LogP contribution is 2.27. The lowest BCUT2D eigenvalue weighted by Gasteiger charge is -2.30. The molecule has 0 radical (unpaired) electrons. The van der Waals surface area contributed by atoms with E-state index in [9.17, 15) is 13.2 Å². The van der Waals surface area contributed by atoms with Crippen LogP contribution in [-0.2, 0) is 16.6 Å². The number of aryl methyl sites for hydroxylation is 1. The minimum absolute atomic E-state index is 0.0447. The van der Waals surface area contributed by atoms with Gasteiger partial charge >= 0.3 is 0 Å². The molecule has 0 unspecified atom stereocenters. The molecule has 0 spiro atoms. The maximum atomic E-state index is 13.1. The van der Waals surface area contributed by atoms with Crippen molar-refractivity contribution in [3.63, 3.8) is 0 Å². The summed E-state index contributed by atoms with van der Waals surface area (Å²) in [6, 6.07) is 12.7. The number of amides is 1. The second-order valence-corrected chi connectivity index (χ2v) is 12.7. The highest BCUT2D eigenvalue weighted by atomic mass is 32.2. The van der Waals surface area contributed by atoms with Crippen molar-refractivity contribution in [2.24, 2.45) is 4.99 Å². The number of nitrogens with zero attached hydrogens (tertiary/aromatic N) is 3. The second-order valence-electron chi connectivity index (χ2n) is 9.67. The normalized spacial score (nSPS) is 16.0. The third-order valence-electron chi connectivity index (χ3n) is 6.89. The largest absolute Gasteiger partial charge is 0.316 e. The molecule has 1 heterocycles. The lowest BCUT2D eigenvalue weighted by Crippen LogP contribution is -2.38. The van der Waals surface area contributed by atoms with Crippen LogP contribution in [0.15, 0.2) is 52.4 Å². The average Bonchev–Trinajstić information content (AvgIpc) is 3.20. The van der Waals surface area contributed by atoms with Crippen LogP contribution in [0.25, 0.3) is 10.2 Å². The molecule has 188 valence electrons. The number of sulfonamides is 1. The second kappa shape index (κ2) is 10.8. The third-order valence-corrected chi connectivity index (χ3v) is 9.85. The van der Waals surface area contributed by atoms with Crippen molar-refractivity contribution in [3.05, 3.63) is 58.4 Å². The van der Waals surface area contributed by atoms with Gasteiger partial charge in [0, 0.05) is 25.2 Å². The Morgan fingerprint density at radius 2 is 1.80 bits per heavy atom.